The van der Waals surface area contributed by atoms with Crippen LogP contribution in [-0.2, 0) is 9.53 Å². The van der Waals surface area contributed by atoms with Crippen LogP contribution >= 0.6 is 0 Å². The van der Waals surface area contributed by atoms with Gasteiger partial charge in [0.2, 0.25) is 5.75 Å². The summed E-state index contributed by atoms with van der Waals surface area (Å²) in [6, 6.07) is 3.21. The zero-order valence-corrected chi connectivity index (χ0v) is 13.5. The second kappa shape index (κ2) is 8.94. The summed E-state index contributed by atoms with van der Waals surface area (Å²) in [5.41, 5.74) is 0.664. The number of methoxy groups -OCH3 is 2. The van der Waals surface area contributed by atoms with Gasteiger partial charge in [0.15, 0.2) is 11.5 Å². The topological polar surface area (TPSA) is 68.2 Å². The van der Waals surface area contributed by atoms with Gasteiger partial charge >= 0.3 is 5.97 Å². The first-order valence-electron chi connectivity index (χ1n) is 6.92. The summed E-state index contributed by atoms with van der Waals surface area (Å²) in [7, 11) is 6.82. The highest BCUT2D eigenvalue weighted by Gasteiger charge is 2.10. The molecule has 0 saturated heterocycles. The second-order valence-electron chi connectivity index (χ2n) is 4.93. The quantitative estimate of drug-likeness (QED) is 0.449. The number of ether oxygens (including phenoxy) is 3. The predicted molar refractivity (Wildman–Crippen MR) is 84.4 cm³/mol. The van der Waals surface area contributed by atoms with Gasteiger partial charge in [-0.25, -0.2) is 4.79 Å². The first kappa shape index (κ1) is 17.8. The van der Waals surface area contributed by atoms with Crippen molar-refractivity contribution in [1.82, 2.24) is 4.90 Å². The van der Waals surface area contributed by atoms with Crippen LogP contribution in [0, 0.1) is 0 Å². The number of nitrogens with zero attached hydrogens (tertiary/aromatic N) is 1. The van der Waals surface area contributed by atoms with Crippen molar-refractivity contribution in [2.75, 3.05) is 41.5 Å². The molecule has 0 aliphatic rings. The van der Waals surface area contributed by atoms with Crippen molar-refractivity contribution in [3.8, 4) is 17.2 Å². The fourth-order valence-electron chi connectivity index (χ4n) is 1.78. The largest absolute Gasteiger partial charge is 0.502 e. The predicted octanol–water partition coefficient (Wildman–Crippen LogP) is 1.92. The maximum Gasteiger partial charge on any atom is 0.330 e. The Bertz CT molecular complexity index is 500. The van der Waals surface area contributed by atoms with Gasteiger partial charge in [0.1, 0.15) is 0 Å². The van der Waals surface area contributed by atoms with E-state index in [9.17, 15) is 9.90 Å². The minimum atomic E-state index is -0.412. The van der Waals surface area contributed by atoms with Crippen molar-refractivity contribution in [3.63, 3.8) is 0 Å². The number of carbonyl (C=O) groups is 1. The first-order chi connectivity index (χ1) is 10.5. The Hall–Kier alpha value is -2.21. The second-order valence-corrected chi connectivity index (χ2v) is 4.93. The normalized spacial score (nSPS) is 11.0. The molecule has 1 N–H and O–H groups in total. The number of carbonyl (C=O) groups excluding carboxylic acids is 1. The lowest BCUT2D eigenvalue weighted by molar-refractivity contribution is -0.137. The van der Waals surface area contributed by atoms with E-state index in [0.717, 1.165) is 13.0 Å². The van der Waals surface area contributed by atoms with E-state index in [-0.39, 0.29) is 17.2 Å². The molecule has 0 aliphatic heterocycles. The highest BCUT2D eigenvalue weighted by molar-refractivity contribution is 5.87. The van der Waals surface area contributed by atoms with Crippen molar-refractivity contribution in [2.45, 2.75) is 6.42 Å². The van der Waals surface area contributed by atoms with Gasteiger partial charge in [-0.3, -0.25) is 0 Å². The molecule has 0 radical (unpaired) electrons. The molecule has 0 bridgehead atoms. The average molecular weight is 309 g/mol. The minimum Gasteiger partial charge on any atom is -0.502 e. The van der Waals surface area contributed by atoms with E-state index in [1.807, 2.05) is 19.0 Å². The van der Waals surface area contributed by atoms with Gasteiger partial charge < -0.3 is 24.2 Å². The van der Waals surface area contributed by atoms with Crippen molar-refractivity contribution < 1.29 is 24.1 Å². The van der Waals surface area contributed by atoms with Crippen LogP contribution in [0.4, 0.5) is 0 Å². The zero-order chi connectivity index (χ0) is 16.5. The highest BCUT2D eigenvalue weighted by atomic mass is 16.5. The van der Waals surface area contributed by atoms with Gasteiger partial charge in [-0.1, -0.05) is 0 Å². The van der Waals surface area contributed by atoms with Gasteiger partial charge in [0, 0.05) is 12.6 Å². The SMILES string of the molecule is COc1cc(/C=C/C(=O)OCCCN(C)C)cc(OC)c1O. The molecule has 6 nitrogen and oxygen atoms in total. The monoisotopic (exact) mass is 309 g/mol. The van der Waals surface area contributed by atoms with E-state index < -0.39 is 5.97 Å². The molecule has 1 rings (SSSR count). The third kappa shape index (κ3) is 5.65. The molecule has 0 saturated carbocycles. The highest BCUT2D eigenvalue weighted by Crippen LogP contribution is 2.37. The fraction of sp³-hybridized carbons (Fsp3) is 0.438. The summed E-state index contributed by atoms with van der Waals surface area (Å²) in [5.74, 6) is 0.0647. The number of phenolic OH excluding ortho intramolecular Hbond substituents is 1. The van der Waals surface area contributed by atoms with Crippen LogP contribution in [0.1, 0.15) is 12.0 Å². The van der Waals surface area contributed by atoms with E-state index >= 15 is 0 Å². The smallest absolute Gasteiger partial charge is 0.330 e. The molecule has 6 heteroatoms. The molecule has 0 spiro atoms. The van der Waals surface area contributed by atoms with Crippen LogP contribution in [0.2, 0.25) is 0 Å². The molecule has 0 unspecified atom stereocenters. The van der Waals surface area contributed by atoms with Gasteiger partial charge in [-0.2, -0.15) is 0 Å². The molecule has 1 aromatic carbocycles. The Kier molecular flexibility index (Phi) is 7.25. The van der Waals surface area contributed by atoms with Gasteiger partial charge in [0.05, 0.1) is 20.8 Å². The number of aromatic hydroxyl groups is 1. The average Bonchev–Trinajstić information content (AvgIpc) is 2.50. The van der Waals surface area contributed by atoms with Crippen molar-refractivity contribution >= 4 is 12.0 Å². The lowest BCUT2D eigenvalue weighted by atomic mass is 10.1. The molecular formula is C16H23NO5. The van der Waals surface area contributed by atoms with Crippen LogP contribution < -0.4 is 9.47 Å². The molecule has 0 aliphatic carbocycles. The molecule has 22 heavy (non-hydrogen) atoms. The van der Waals surface area contributed by atoms with Crippen molar-refractivity contribution in [2.24, 2.45) is 0 Å². The summed E-state index contributed by atoms with van der Waals surface area (Å²) in [6.45, 7) is 1.24. The minimum absolute atomic E-state index is 0.0755. The maximum absolute atomic E-state index is 11.6. The van der Waals surface area contributed by atoms with Crippen LogP contribution in [0.15, 0.2) is 18.2 Å². The number of hydrogen-bond donors (Lipinski definition) is 1. The Morgan fingerprint density at radius 1 is 1.23 bits per heavy atom. The number of esters is 1. The first-order valence-corrected chi connectivity index (χ1v) is 6.92. The van der Waals surface area contributed by atoms with E-state index in [0.29, 0.717) is 12.2 Å². The van der Waals surface area contributed by atoms with Crippen LogP contribution in [0.3, 0.4) is 0 Å². The Morgan fingerprint density at radius 3 is 2.32 bits per heavy atom. The lowest BCUT2D eigenvalue weighted by Crippen LogP contribution is -2.15. The fourth-order valence-corrected chi connectivity index (χ4v) is 1.78. The third-order valence-corrected chi connectivity index (χ3v) is 2.91. The summed E-state index contributed by atoms with van der Waals surface area (Å²) < 4.78 is 15.2. The molecular weight excluding hydrogens is 286 g/mol. The molecule has 0 aromatic heterocycles. The number of hydrogen-bond acceptors (Lipinski definition) is 6. The number of rotatable bonds is 8. The van der Waals surface area contributed by atoms with Crippen molar-refractivity contribution in [1.29, 1.82) is 0 Å². The Morgan fingerprint density at radius 2 is 1.82 bits per heavy atom. The van der Waals surface area contributed by atoms with Gasteiger partial charge in [-0.05, 0) is 44.3 Å². The summed E-state index contributed by atoms with van der Waals surface area (Å²) >= 11 is 0. The molecule has 0 fully saturated rings. The summed E-state index contributed by atoms with van der Waals surface area (Å²) in [4.78, 5) is 13.6. The molecule has 122 valence electrons. The number of phenols is 1. The van der Waals surface area contributed by atoms with E-state index in [2.05, 4.69) is 0 Å². The summed E-state index contributed by atoms with van der Waals surface area (Å²) in [6.07, 6.45) is 3.70. The van der Waals surface area contributed by atoms with Gasteiger partial charge in [-0.15, -0.1) is 0 Å². The molecule has 0 amide bonds. The third-order valence-electron chi connectivity index (χ3n) is 2.91. The lowest BCUT2D eigenvalue weighted by Gasteiger charge is -2.09. The molecule has 1 aromatic rings. The standard InChI is InChI=1S/C16H23NO5/c1-17(2)8-5-9-22-15(18)7-6-12-10-13(20-3)16(19)14(11-12)21-4/h6-7,10-11,19H,5,8-9H2,1-4H3/b7-6+. The van der Waals surface area contributed by atoms with Gasteiger partial charge in [0.25, 0.3) is 0 Å². The van der Waals surface area contributed by atoms with Crippen molar-refractivity contribution in [3.05, 3.63) is 23.8 Å². The Balaban J connectivity index is 2.63. The van der Waals surface area contributed by atoms with Crippen LogP contribution in [0.25, 0.3) is 6.08 Å². The van der Waals surface area contributed by atoms with E-state index in [1.54, 1.807) is 18.2 Å². The van der Waals surface area contributed by atoms with Crippen LogP contribution in [-0.4, -0.2) is 57.4 Å². The van der Waals surface area contributed by atoms with E-state index in [1.165, 1.54) is 20.3 Å². The number of benzene rings is 1. The Labute approximate surface area is 130 Å². The van der Waals surface area contributed by atoms with E-state index in [4.69, 9.17) is 14.2 Å². The molecule has 0 atom stereocenters. The maximum atomic E-state index is 11.6. The zero-order valence-electron chi connectivity index (χ0n) is 13.5. The summed E-state index contributed by atoms with van der Waals surface area (Å²) in [5, 5.41) is 9.81. The van der Waals surface area contributed by atoms with Crippen LogP contribution in [0.5, 0.6) is 17.2 Å². The molecule has 0 heterocycles.